The maximum Gasteiger partial charge on any atom is 2.00 e. The van der Waals surface area contributed by atoms with Gasteiger partial charge in [0.25, 0.3) is 0 Å². The molecular formula is C4H10CuO12S2. The number of aliphatic hydroxyl groups excluding tert-OH is 4. The summed E-state index contributed by atoms with van der Waals surface area (Å²) in [6, 6.07) is 0. The summed E-state index contributed by atoms with van der Waals surface area (Å²) in [5.74, 6) is 0. The quantitative estimate of drug-likeness (QED) is 0.149. The van der Waals surface area contributed by atoms with Crippen molar-refractivity contribution in [3.63, 3.8) is 0 Å². The van der Waals surface area contributed by atoms with Gasteiger partial charge in [-0.25, -0.2) is 25.2 Å². The molecule has 0 rings (SSSR count). The van der Waals surface area contributed by atoms with E-state index in [1.807, 2.05) is 0 Å². The van der Waals surface area contributed by atoms with Gasteiger partial charge in [0.2, 0.25) is 20.8 Å². The van der Waals surface area contributed by atoms with Crippen molar-refractivity contribution < 1.29 is 71.8 Å². The first-order valence-electron chi connectivity index (χ1n) is 3.77. The zero-order chi connectivity index (χ0) is 15.0. The Hall–Kier alpha value is 0.0995. The Morgan fingerprint density at radius 2 is 1.05 bits per heavy atom. The largest absolute Gasteiger partial charge is 2.00 e. The van der Waals surface area contributed by atoms with Gasteiger partial charge in [0.15, 0.2) is 12.6 Å². The summed E-state index contributed by atoms with van der Waals surface area (Å²) < 4.78 is 63.9. The van der Waals surface area contributed by atoms with E-state index in [1.54, 1.807) is 0 Å². The molecule has 0 heterocycles. The molecule has 2 atom stereocenters. The zero-order valence-electron chi connectivity index (χ0n) is 8.74. The van der Waals surface area contributed by atoms with Gasteiger partial charge in [-0.05, 0) is 0 Å². The van der Waals surface area contributed by atoms with Gasteiger partial charge < -0.3 is 29.5 Å². The minimum Gasteiger partial charge on any atom is -0.725 e. The molecule has 121 valence electrons. The SMILES string of the molecule is O=S(=O)([O-])OC(O)CO.O=S(=O)([O-])OC(O)CO.[Cu+2]. The van der Waals surface area contributed by atoms with Gasteiger partial charge in [-0.1, -0.05) is 0 Å². The van der Waals surface area contributed by atoms with Crippen LogP contribution < -0.4 is 0 Å². The molecule has 0 saturated carbocycles. The van der Waals surface area contributed by atoms with Crippen molar-refractivity contribution in [2.75, 3.05) is 13.2 Å². The Balaban J connectivity index is -0.000000256. The average Bonchev–Trinajstić information content (AvgIpc) is 2.13. The zero-order valence-corrected chi connectivity index (χ0v) is 11.3. The van der Waals surface area contributed by atoms with Crippen LogP contribution in [0, 0.1) is 0 Å². The first-order valence-corrected chi connectivity index (χ1v) is 6.44. The molecule has 0 fully saturated rings. The van der Waals surface area contributed by atoms with Crippen LogP contribution in [0.25, 0.3) is 0 Å². The number of aliphatic hydroxyl groups is 4. The molecular weight excluding hydrogens is 368 g/mol. The number of rotatable bonds is 6. The maximum atomic E-state index is 9.55. The van der Waals surface area contributed by atoms with Crippen LogP contribution in [0.1, 0.15) is 0 Å². The summed E-state index contributed by atoms with van der Waals surface area (Å²) in [5.41, 5.74) is 0. The van der Waals surface area contributed by atoms with E-state index in [2.05, 4.69) is 8.37 Å². The first-order chi connectivity index (χ1) is 7.91. The second-order valence-electron chi connectivity index (χ2n) is 2.28. The second-order valence-corrected chi connectivity index (χ2v) is 4.30. The standard InChI is InChI=1S/2C2H6O6S.Cu/c2*3-1-2(4)8-9(5,6)7;/h2*2-4H,1H2,(H,5,6,7);/q;;+2/p-2. The molecule has 0 aromatic carbocycles. The van der Waals surface area contributed by atoms with Gasteiger partial charge in [-0.2, -0.15) is 0 Å². The van der Waals surface area contributed by atoms with E-state index in [1.165, 1.54) is 0 Å². The van der Waals surface area contributed by atoms with E-state index in [4.69, 9.17) is 20.4 Å². The van der Waals surface area contributed by atoms with Crippen LogP contribution in [0.3, 0.4) is 0 Å². The molecule has 0 aliphatic carbocycles. The molecule has 0 saturated heterocycles. The molecule has 0 amide bonds. The molecule has 0 bridgehead atoms. The van der Waals surface area contributed by atoms with E-state index in [9.17, 15) is 25.9 Å². The smallest absolute Gasteiger partial charge is 0.725 e. The molecule has 12 nitrogen and oxygen atoms in total. The average molecular weight is 378 g/mol. The van der Waals surface area contributed by atoms with Gasteiger partial charge in [0.05, 0.1) is 13.2 Å². The predicted molar refractivity (Wildman–Crippen MR) is 47.7 cm³/mol. The van der Waals surface area contributed by atoms with E-state index in [-0.39, 0.29) is 17.1 Å². The Kier molecular flexibility index (Phi) is 13.8. The van der Waals surface area contributed by atoms with Crippen LogP contribution in [0.4, 0.5) is 0 Å². The van der Waals surface area contributed by atoms with E-state index >= 15 is 0 Å². The molecule has 0 aromatic heterocycles. The van der Waals surface area contributed by atoms with Crippen LogP contribution in [-0.2, 0) is 46.2 Å². The van der Waals surface area contributed by atoms with E-state index < -0.39 is 46.6 Å². The van der Waals surface area contributed by atoms with Gasteiger partial charge in [0, 0.05) is 0 Å². The Morgan fingerprint density at radius 3 is 1.11 bits per heavy atom. The van der Waals surface area contributed by atoms with Gasteiger partial charge in [0.1, 0.15) is 0 Å². The van der Waals surface area contributed by atoms with Crippen molar-refractivity contribution in [1.29, 1.82) is 0 Å². The third-order valence-corrected chi connectivity index (χ3v) is 1.69. The summed E-state index contributed by atoms with van der Waals surface area (Å²) in [7, 11) is -9.79. The molecule has 0 spiro atoms. The summed E-state index contributed by atoms with van der Waals surface area (Å²) in [6.45, 7) is -1.86. The van der Waals surface area contributed by atoms with Gasteiger partial charge >= 0.3 is 17.1 Å². The fourth-order valence-electron chi connectivity index (χ4n) is 0.333. The topological polar surface area (TPSA) is 214 Å². The summed E-state index contributed by atoms with van der Waals surface area (Å²) in [4.78, 5) is 0. The third-order valence-electron chi connectivity index (χ3n) is 0.770. The molecule has 1 radical (unpaired) electrons. The van der Waals surface area contributed by atoms with E-state index in [0.717, 1.165) is 0 Å². The molecule has 0 aliphatic rings. The Labute approximate surface area is 119 Å². The van der Waals surface area contributed by atoms with Crippen LogP contribution in [-0.4, -0.2) is 72.2 Å². The molecule has 0 aromatic rings. The van der Waals surface area contributed by atoms with E-state index in [0.29, 0.717) is 0 Å². The van der Waals surface area contributed by atoms with Crippen molar-refractivity contribution in [1.82, 2.24) is 0 Å². The number of hydrogen-bond acceptors (Lipinski definition) is 12. The van der Waals surface area contributed by atoms with Crippen LogP contribution in [0.15, 0.2) is 0 Å². The van der Waals surface area contributed by atoms with Crippen LogP contribution in [0.5, 0.6) is 0 Å². The minimum absolute atomic E-state index is 0. The van der Waals surface area contributed by atoms with Crippen molar-refractivity contribution in [3.8, 4) is 0 Å². The predicted octanol–water partition coefficient (Wildman–Crippen LogP) is -4.45. The monoisotopic (exact) mass is 377 g/mol. The Morgan fingerprint density at radius 1 is 0.842 bits per heavy atom. The second kappa shape index (κ2) is 10.8. The molecule has 0 aliphatic heterocycles. The van der Waals surface area contributed by atoms with Crippen molar-refractivity contribution in [3.05, 3.63) is 0 Å². The molecule has 2 unspecified atom stereocenters. The van der Waals surface area contributed by atoms with Crippen LogP contribution >= 0.6 is 0 Å². The summed E-state index contributed by atoms with van der Waals surface area (Å²) in [6.07, 6.45) is -3.90. The minimum atomic E-state index is -4.90. The first kappa shape index (κ1) is 24.1. The van der Waals surface area contributed by atoms with Crippen molar-refractivity contribution >= 4 is 20.8 Å². The summed E-state index contributed by atoms with van der Waals surface area (Å²) >= 11 is 0. The third kappa shape index (κ3) is 23.6. The van der Waals surface area contributed by atoms with Crippen LogP contribution in [0.2, 0.25) is 0 Å². The maximum absolute atomic E-state index is 9.55. The molecule has 4 N–H and O–H groups in total. The number of hydrogen-bond donors (Lipinski definition) is 4. The fourth-order valence-corrected chi connectivity index (χ4v) is 0.999. The molecule has 19 heavy (non-hydrogen) atoms. The fraction of sp³-hybridized carbons (Fsp3) is 1.00. The summed E-state index contributed by atoms with van der Waals surface area (Å²) in [5, 5.41) is 32.1. The normalized spacial score (nSPS) is 14.6. The molecule has 15 heteroatoms. The Bertz CT molecular complexity index is 361. The van der Waals surface area contributed by atoms with Gasteiger partial charge in [-0.15, -0.1) is 0 Å². The van der Waals surface area contributed by atoms with Crippen molar-refractivity contribution in [2.24, 2.45) is 0 Å². The van der Waals surface area contributed by atoms with Gasteiger partial charge in [-0.3, -0.25) is 0 Å². The van der Waals surface area contributed by atoms with Crippen molar-refractivity contribution in [2.45, 2.75) is 12.6 Å².